The van der Waals surface area contributed by atoms with E-state index in [1.165, 1.54) is 31.5 Å². The predicted octanol–water partition coefficient (Wildman–Crippen LogP) is 4.26. The van der Waals surface area contributed by atoms with E-state index in [1.54, 1.807) is 0 Å². The average molecular weight is 289 g/mol. The Balaban J connectivity index is 2.17. The fraction of sp³-hybridized carbons (Fsp3) is 0.500. The highest BCUT2D eigenvalue weighted by Gasteiger charge is 2.19. The summed E-state index contributed by atoms with van der Waals surface area (Å²) in [6, 6.07) is 6.73. The Morgan fingerprint density at radius 3 is 2.60 bits per heavy atom. The number of hydrogen-bond acceptors (Lipinski definition) is 1. The van der Waals surface area contributed by atoms with Crippen molar-refractivity contribution in [3.05, 3.63) is 33.3 Å². The third-order valence-corrected chi connectivity index (χ3v) is 4.35. The van der Waals surface area contributed by atoms with Gasteiger partial charge in [0.2, 0.25) is 0 Å². The number of halogens is 2. The van der Waals surface area contributed by atoms with Gasteiger partial charge < -0.3 is 0 Å². The zero-order valence-electron chi connectivity index (χ0n) is 8.84. The lowest BCUT2D eigenvalue weighted by Crippen LogP contribution is -2.23. The Kier molecular flexibility index (Phi) is 3.70. The van der Waals surface area contributed by atoms with Gasteiger partial charge in [-0.2, -0.15) is 0 Å². The summed E-state index contributed by atoms with van der Waals surface area (Å²) in [6.45, 7) is 4.69. The average Bonchev–Trinajstić information content (AvgIpc) is 2.74. The molecule has 0 aromatic heterocycles. The fourth-order valence-electron chi connectivity index (χ4n) is 2.11. The van der Waals surface area contributed by atoms with Crippen LogP contribution in [0.15, 0.2) is 22.7 Å². The Hall–Kier alpha value is -0.0500. The second kappa shape index (κ2) is 4.86. The summed E-state index contributed by atoms with van der Waals surface area (Å²) in [5, 5.41) is 0.804. The van der Waals surface area contributed by atoms with Crippen molar-refractivity contribution < 1.29 is 0 Å². The Labute approximate surface area is 105 Å². The molecule has 0 spiro atoms. The van der Waals surface area contributed by atoms with Crippen LogP contribution in [0.25, 0.3) is 0 Å². The van der Waals surface area contributed by atoms with Crippen molar-refractivity contribution in [1.29, 1.82) is 0 Å². The lowest BCUT2D eigenvalue weighted by Gasteiger charge is -2.24. The smallest absolute Gasteiger partial charge is 0.0551 e. The molecule has 3 heteroatoms. The van der Waals surface area contributed by atoms with Crippen LogP contribution >= 0.6 is 27.5 Å². The first-order valence-corrected chi connectivity index (χ1v) is 6.54. The molecular weight excluding hydrogens is 273 g/mol. The number of benzene rings is 1. The van der Waals surface area contributed by atoms with Crippen molar-refractivity contribution >= 4 is 27.5 Å². The summed E-state index contributed by atoms with van der Waals surface area (Å²) in [6.07, 6.45) is 2.66. The summed E-state index contributed by atoms with van der Waals surface area (Å²) < 4.78 is 0.974. The molecule has 15 heavy (non-hydrogen) atoms. The minimum Gasteiger partial charge on any atom is -0.297 e. The molecule has 0 N–H and O–H groups in total. The topological polar surface area (TPSA) is 3.24 Å². The van der Waals surface area contributed by atoms with Crippen LogP contribution in [0.4, 0.5) is 0 Å². The second-order valence-corrected chi connectivity index (χ2v) is 5.35. The zero-order chi connectivity index (χ0) is 10.8. The van der Waals surface area contributed by atoms with Crippen LogP contribution in [0.5, 0.6) is 0 Å². The van der Waals surface area contributed by atoms with E-state index in [1.807, 2.05) is 6.07 Å². The summed E-state index contributed by atoms with van der Waals surface area (Å²) in [5.41, 5.74) is 1.31. The summed E-state index contributed by atoms with van der Waals surface area (Å²) in [4.78, 5) is 2.51. The molecule has 0 radical (unpaired) electrons. The maximum atomic E-state index is 6.10. The fourth-order valence-corrected chi connectivity index (χ4v) is 2.55. The van der Waals surface area contributed by atoms with Gasteiger partial charge >= 0.3 is 0 Å². The molecule has 1 aliphatic heterocycles. The zero-order valence-corrected chi connectivity index (χ0v) is 11.2. The number of hydrogen-bond donors (Lipinski definition) is 0. The molecule has 1 fully saturated rings. The van der Waals surface area contributed by atoms with Gasteiger partial charge in [-0.25, -0.2) is 0 Å². The van der Waals surface area contributed by atoms with Crippen LogP contribution in [-0.4, -0.2) is 18.0 Å². The van der Waals surface area contributed by atoms with Crippen LogP contribution in [0, 0.1) is 0 Å². The summed E-state index contributed by atoms with van der Waals surface area (Å²) in [5.74, 6) is 0. The largest absolute Gasteiger partial charge is 0.297 e. The van der Waals surface area contributed by atoms with Gasteiger partial charge in [-0.05, 0) is 66.5 Å². The maximum Gasteiger partial charge on any atom is 0.0551 e. The van der Waals surface area contributed by atoms with Crippen molar-refractivity contribution in [2.45, 2.75) is 25.8 Å². The van der Waals surface area contributed by atoms with Crippen molar-refractivity contribution in [1.82, 2.24) is 4.90 Å². The highest BCUT2D eigenvalue weighted by atomic mass is 79.9. The summed E-state index contributed by atoms with van der Waals surface area (Å²) in [7, 11) is 0. The third-order valence-electron chi connectivity index (χ3n) is 3.11. The lowest BCUT2D eigenvalue weighted by atomic mass is 10.1. The van der Waals surface area contributed by atoms with E-state index in [0.717, 1.165) is 9.50 Å². The first-order valence-electron chi connectivity index (χ1n) is 5.37. The van der Waals surface area contributed by atoms with E-state index in [2.05, 4.69) is 39.9 Å². The molecule has 1 atom stereocenters. The second-order valence-electron chi connectivity index (χ2n) is 4.09. The molecule has 0 amide bonds. The molecule has 2 rings (SSSR count). The van der Waals surface area contributed by atoms with Crippen LogP contribution in [0.1, 0.15) is 31.4 Å². The van der Waals surface area contributed by atoms with Gasteiger partial charge in [-0.1, -0.05) is 17.7 Å². The first-order chi connectivity index (χ1) is 7.18. The van der Waals surface area contributed by atoms with Crippen LogP contribution in [0.3, 0.4) is 0 Å². The molecule has 1 aromatic rings. The van der Waals surface area contributed by atoms with E-state index < -0.39 is 0 Å². The Morgan fingerprint density at radius 2 is 2.00 bits per heavy atom. The summed E-state index contributed by atoms with van der Waals surface area (Å²) >= 11 is 9.52. The van der Waals surface area contributed by atoms with Gasteiger partial charge in [-0.15, -0.1) is 0 Å². The van der Waals surface area contributed by atoms with Crippen molar-refractivity contribution in [2.24, 2.45) is 0 Å². The van der Waals surface area contributed by atoms with Gasteiger partial charge in [0.15, 0.2) is 0 Å². The van der Waals surface area contributed by atoms with E-state index >= 15 is 0 Å². The highest BCUT2D eigenvalue weighted by Crippen LogP contribution is 2.29. The van der Waals surface area contributed by atoms with Crippen LogP contribution in [-0.2, 0) is 0 Å². The van der Waals surface area contributed by atoms with Gasteiger partial charge in [0.05, 0.1) is 5.02 Å². The molecule has 1 saturated heterocycles. The lowest BCUT2D eigenvalue weighted by molar-refractivity contribution is 0.263. The van der Waals surface area contributed by atoms with Crippen LogP contribution in [0.2, 0.25) is 5.02 Å². The maximum absolute atomic E-state index is 6.10. The van der Waals surface area contributed by atoms with E-state index in [9.17, 15) is 0 Å². The highest BCUT2D eigenvalue weighted by molar-refractivity contribution is 9.10. The monoisotopic (exact) mass is 287 g/mol. The molecule has 1 aliphatic rings. The Bertz CT molecular complexity index is 347. The number of likely N-dealkylation sites (tertiary alicyclic amines) is 1. The standard InChI is InChI=1S/C12H15BrClN/c1-9(15-6-2-3-7-15)10-4-5-11(13)12(14)8-10/h4-5,8-9H,2-3,6-7H2,1H3. The molecule has 0 aliphatic carbocycles. The van der Waals surface area contributed by atoms with Gasteiger partial charge in [0.1, 0.15) is 0 Å². The quantitative estimate of drug-likeness (QED) is 0.786. The van der Waals surface area contributed by atoms with Crippen LogP contribution < -0.4 is 0 Å². The van der Waals surface area contributed by atoms with E-state index in [0.29, 0.717) is 6.04 Å². The minimum absolute atomic E-state index is 0.484. The van der Waals surface area contributed by atoms with Gasteiger partial charge in [0, 0.05) is 10.5 Å². The molecular formula is C12H15BrClN. The molecule has 0 saturated carbocycles. The van der Waals surface area contributed by atoms with Gasteiger partial charge in [0.25, 0.3) is 0 Å². The molecule has 1 aromatic carbocycles. The molecule has 0 bridgehead atoms. The SMILES string of the molecule is CC(c1ccc(Br)c(Cl)c1)N1CCCC1. The van der Waals surface area contributed by atoms with Crippen molar-refractivity contribution in [2.75, 3.05) is 13.1 Å². The van der Waals surface area contributed by atoms with E-state index in [4.69, 9.17) is 11.6 Å². The molecule has 1 unspecified atom stereocenters. The first kappa shape index (κ1) is 11.4. The van der Waals surface area contributed by atoms with Gasteiger partial charge in [-0.3, -0.25) is 4.90 Å². The van der Waals surface area contributed by atoms with Crippen molar-refractivity contribution in [3.63, 3.8) is 0 Å². The third kappa shape index (κ3) is 2.55. The number of rotatable bonds is 2. The Morgan fingerprint density at radius 1 is 1.33 bits per heavy atom. The number of nitrogens with zero attached hydrogens (tertiary/aromatic N) is 1. The predicted molar refractivity (Wildman–Crippen MR) is 68.4 cm³/mol. The molecule has 82 valence electrons. The minimum atomic E-state index is 0.484. The normalized spacial score (nSPS) is 19.4. The van der Waals surface area contributed by atoms with Crippen molar-refractivity contribution in [3.8, 4) is 0 Å². The molecule has 1 heterocycles. The molecule has 1 nitrogen and oxygen atoms in total. The van der Waals surface area contributed by atoms with E-state index in [-0.39, 0.29) is 0 Å².